The van der Waals surface area contributed by atoms with Crippen LogP contribution in [0, 0.1) is 10.1 Å². The van der Waals surface area contributed by atoms with Crippen LogP contribution < -0.4 is 0 Å². The van der Waals surface area contributed by atoms with Crippen LogP contribution in [0.25, 0.3) is 6.08 Å². The Bertz CT molecular complexity index is 416. The number of benzene rings is 1. The Hall–Kier alpha value is -1.49. The van der Waals surface area contributed by atoms with Gasteiger partial charge in [-0.05, 0) is 24.6 Å². The Labute approximate surface area is 99.1 Å². The molecule has 4 nitrogen and oxygen atoms in total. The van der Waals surface area contributed by atoms with Gasteiger partial charge in [0.05, 0.1) is 10.5 Å². The van der Waals surface area contributed by atoms with Crippen molar-refractivity contribution >= 4 is 23.5 Å². The lowest BCUT2D eigenvalue weighted by Gasteiger charge is -2.06. The van der Waals surface area contributed by atoms with E-state index < -0.39 is 0 Å². The van der Waals surface area contributed by atoms with Gasteiger partial charge in [0.2, 0.25) is 0 Å². The summed E-state index contributed by atoms with van der Waals surface area (Å²) in [6.07, 6.45) is 5.48. The summed E-state index contributed by atoms with van der Waals surface area (Å²) in [5.74, 6) is 0. The number of nitro benzene ring substituents is 1. The van der Waals surface area contributed by atoms with Crippen LogP contribution in [0.2, 0.25) is 0 Å². The molecule has 86 valence electrons. The number of hydrogen-bond acceptors (Lipinski definition) is 4. The molecule has 0 spiro atoms. The van der Waals surface area contributed by atoms with Crippen LogP contribution in [-0.4, -0.2) is 30.2 Å². The predicted octanol–water partition coefficient (Wildman–Crippen LogP) is 2.85. The monoisotopic (exact) mass is 238 g/mol. The average molecular weight is 238 g/mol. The maximum Gasteiger partial charge on any atom is 0.277 e. The molecule has 0 fully saturated rings. The van der Waals surface area contributed by atoms with Crippen molar-refractivity contribution in [1.29, 1.82) is 0 Å². The Kier molecular flexibility index (Phi) is 4.37. The molecule has 0 radical (unpaired) electrons. The van der Waals surface area contributed by atoms with Crippen LogP contribution in [0.5, 0.6) is 0 Å². The molecule has 1 rings (SSSR count). The van der Waals surface area contributed by atoms with Gasteiger partial charge in [0.1, 0.15) is 0 Å². The summed E-state index contributed by atoms with van der Waals surface area (Å²) in [5, 5.41) is 10.9. The smallest absolute Gasteiger partial charge is 0.277 e. The molecule has 1 aromatic rings. The molecule has 5 heteroatoms. The molecule has 0 aliphatic carbocycles. The van der Waals surface area contributed by atoms with Gasteiger partial charge in [-0.2, -0.15) is 0 Å². The highest BCUT2D eigenvalue weighted by atomic mass is 32.2. The summed E-state index contributed by atoms with van der Waals surface area (Å²) >= 11 is 1.50. The normalized spacial score (nSPS) is 10.7. The number of thioether (sulfide) groups is 1. The fourth-order valence-corrected chi connectivity index (χ4v) is 1.87. The Balaban J connectivity index is 3.25. The lowest BCUT2D eigenvalue weighted by molar-refractivity contribution is -0.385. The maximum atomic E-state index is 10.9. The Morgan fingerprint density at radius 2 is 2.12 bits per heavy atom. The molecule has 0 aromatic heterocycles. The minimum atomic E-state index is -0.352. The SMILES string of the molecule is CSc1cccc([N+](=O)[O-])c1C=CN(C)C. The molecule has 0 unspecified atom stereocenters. The summed E-state index contributed by atoms with van der Waals surface area (Å²) in [6, 6.07) is 5.11. The van der Waals surface area contributed by atoms with E-state index in [0.717, 1.165) is 4.90 Å². The molecule has 0 aliphatic rings. The average Bonchev–Trinajstić information content (AvgIpc) is 2.25. The third-order valence-electron chi connectivity index (χ3n) is 2.00. The van der Waals surface area contributed by atoms with Crippen molar-refractivity contribution in [2.24, 2.45) is 0 Å². The van der Waals surface area contributed by atoms with Crippen LogP contribution in [0.15, 0.2) is 29.3 Å². The number of nitrogens with zero attached hydrogens (tertiary/aromatic N) is 2. The fraction of sp³-hybridized carbons (Fsp3) is 0.273. The van der Waals surface area contributed by atoms with E-state index in [2.05, 4.69) is 0 Å². The summed E-state index contributed by atoms with van der Waals surface area (Å²) in [4.78, 5) is 13.3. The van der Waals surface area contributed by atoms with Crippen molar-refractivity contribution in [3.63, 3.8) is 0 Å². The molecule has 0 N–H and O–H groups in total. The second-order valence-electron chi connectivity index (χ2n) is 3.43. The Morgan fingerprint density at radius 3 is 2.62 bits per heavy atom. The molecule has 0 saturated heterocycles. The first kappa shape index (κ1) is 12.6. The fourth-order valence-electron chi connectivity index (χ4n) is 1.26. The van der Waals surface area contributed by atoms with E-state index in [1.165, 1.54) is 17.8 Å². The molecule has 0 saturated carbocycles. The van der Waals surface area contributed by atoms with Crippen molar-refractivity contribution in [3.8, 4) is 0 Å². The quantitative estimate of drug-likeness (QED) is 0.459. The van der Waals surface area contributed by atoms with Gasteiger partial charge in [-0.1, -0.05) is 6.07 Å². The highest BCUT2D eigenvalue weighted by Gasteiger charge is 2.14. The van der Waals surface area contributed by atoms with E-state index in [4.69, 9.17) is 0 Å². The van der Waals surface area contributed by atoms with Gasteiger partial charge in [-0.25, -0.2) is 0 Å². The first-order chi connectivity index (χ1) is 7.56. The highest BCUT2D eigenvalue weighted by molar-refractivity contribution is 7.98. The number of rotatable bonds is 4. The first-order valence-electron chi connectivity index (χ1n) is 4.72. The zero-order chi connectivity index (χ0) is 12.1. The topological polar surface area (TPSA) is 46.4 Å². The second kappa shape index (κ2) is 5.55. The van der Waals surface area contributed by atoms with Crippen LogP contribution in [0.3, 0.4) is 0 Å². The molecule has 0 amide bonds. The predicted molar refractivity (Wildman–Crippen MR) is 67.6 cm³/mol. The molecule has 0 atom stereocenters. The highest BCUT2D eigenvalue weighted by Crippen LogP contribution is 2.29. The zero-order valence-electron chi connectivity index (χ0n) is 9.51. The summed E-state index contributed by atoms with van der Waals surface area (Å²) < 4.78 is 0. The minimum absolute atomic E-state index is 0.143. The maximum absolute atomic E-state index is 10.9. The number of hydrogen-bond donors (Lipinski definition) is 0. The number of nitro groups is 1. The molecule has 0 heterocycles. The zero-order valence-corrected chi connectivity index (χ0v) is 10.3. The lowest BCUT2D eigenvalue weighted by atomic mass is 10.2. The first-order valence-corrected chi connectivity index (χ1v) is 5.94. The van der Waals surface area contributed by atoms with Crippen LogP contribution in [0.4, 0.5) is 5.69 Å². The third-order valence-corrected chi connectivity index (χ3v) is 2.79. The van der Waals surface area contributed by atoms with E-state index in [0.29, 0.717) is 5.56 Å². The van der Waals surface area contributed by atoms with Crippen molar-refractivity contribution in [2.75, 3.05) is 20.4 Å². The van der Waals surface area contributed by atoms with Gasteiger partial charge in [-0.15, -0.1) is 11.8 Å². The van der Waals surface area contributed by atoms with Crippen molar-refractivity contribution in [2.45, 2.75) is 4.90 Å². The van der Waals surface area contributed by atoms with Gasteiger partial charge in [0.25, 0.3) is 5.69 Å². The minimum Gasteiger partial charge on any atom is -0.383 e. The molecular weight excluding hydrogens is 224 g/mol. The third kappa shape index (κ3) is 3.00. The van der Waals surface area contributed by atoms with E-state index in [9.17, 15) is 10.1 Å². The van der Waals surface area contributed by atoms with Crippen molar-refractivity contribution in [3.05, 3.63) is 40.1 Å². The van der Waals surface area contributed by atoms with Crippen molar-refractivity contribution < 1.29 is 4.92 Å². The van der Waals surface area contributed by atoms with Crippen molar-refractivity contribution in [1.82, 2.24) is 4.90 Å². The van der Waals surface area contributed by atoms with Gasteiger partial charge in [0.15, 0.2) is 0 Å². The molecule has 0 bridgehead atoms. The van der Waals surface area contributed by atoms with Gasteiger partial charge < -0.3 is 4.90 Å². The summed E-state index contributed by atoms with van der Waals surface area (Å²) in [5.41, 5.74) is 0.804. The van der Waals surface area contributed by atoms with Crippen LogP contribution in [-0.2, 0) is 0 Å². The van der Waals surface area contributed by atoms with E-state index in [1.54, 1.807) is 12.1 Å². The van der Waals surface area contributed by atoms with Crippen LogP contribution in [0.1, 0.15) is 5.56 Å². The molecule has 0 aliphatic heterocycles. The second-order valence-corrected chi connectivity index (χ2v) is 4.28. The van der Waals surface area contributed by atoms with E-state index in [1.807, 2.05) is 37.5 Å². The molecule has 16 heavy (non-hydrogen) atoms. The largest absolute Gasteiger partial charge is 0.383 e. The van der Waals surface area contributed by atoms with Gasteiger partial charge in [-0.3, -0.25) is 10.1 Å². The Morgan fingerprint density at radius 1 is 1.44 bits per heavy atom. The van der Waals surface area contributed by atoms with E-state index >= 15 is 0 Å². The lowest BCUT2D eigenvalue weighted by Crippen LogP contribution is -2.00. The van der Waals surface area contributed by atoms with Gasteiger partial charge in [0, 0.05) is 25.1 Å². The standard InChI is InChI=1S/C11H14N2O2S/c1-12(2)8-7-9-10(13(14)15)5-4-6-11(9)16-3/h4-8H,1-3H3. The van der Waals surface area contributed by atoms with E-state index in [-0.39, 0.29) is 10.6 Å². The molecular formula is C11H14N2O2S. The van der Waals surface area contributed by atoms with Gasteiger partial charge >= 0.3 is 0 Å². The summed E-state index contributed by atoms with van der Waals surface area (Å²) in [7, 11) is 3.76. The summed E-state index contributed by atoms with van der Waals surface area (Å²) in [6.45, 7) is 0. The van der Waals surface area contributed by atoms with Crippen LogP contribution >= 0.6 is 11.8 Å². The molecule has 1 aromatic carbocycles.